The normalized spacial score (nSPS) is 0. The van der Waals surface area contributed by atoms with Crippen molar-refractivity contribution in [3.63, 3.8) is 0 Å². The molecule has 35 valence electrons. The molecule has 0 aliphatic carbocycles. The number of hydrogen-bond acceptors (Lipinski definition) is 1. The van der Waals surface area contributed by atoms with E-state index in [0.717, 1.165) is 0 Å². The molecule has 0 saturated carbocycles. The van der Waals surface area contributed by atoms with Crippen molar-refractivity contribution in [2.24, 2.45) is 0 Å². The summed E-state index contributed by atoms with van der Waals surface area (Å²) in [7, 11) is 0. The number of hydrogen-bond donors (Lipinski definition) is 1. The molecule has 0 unspecified atom stereocenters. The lowest BCUT2D eigenvalue weighted by molar-refractivity contribution is 2.13. The standard InChI is InChI=1S/B.3BrH.H3N/h;3*1H;1H3. The van der Waals surface area contributed by atoms with Crippen LogP contribution in [-0.4, -0.2) is 8.41 Å². The van der Waals surface area contributed by atoms with Gasteiger partial charge in [0, 0.05) is 8.41 Å². The largest absolute Gasteiger partial charge is 0.344 e. The second-order valence-electron chi connectivity index (χ2n) is 0. The van der Waals surface area contributed by atoms with Crippen molar-refractivity contribution in [3.05, 3.63) is 0 Å². The van der Waals surface area contributed by atoms with E-state index in [9.17, 15) is 0 Å². The van der Waals surface area contributed by atoms with Crippen LogP contribution >= 0.6 is 50.9 Å². The predicted molar refractivity (Wildman–Crippen MR) is 41.7 cm³/mol. The third-order valence-electron chi connectivity index (χ3n) is 0. The lowest BCUT2D eigenvalue weighted by Gasteiger charge is -0.344. The summed E-state index contributed by atoms with van der Waals surface area (Å²) in [5, 5.41) is 0. The molecule has 5 heteroatoms. The van der Waals surface area contributed by atoms with Crippen LogP contribution in [0.1, 0.15) is 0 Å². The maximum absolute atomic E-state index is 0. The van der Waals surface area contributed by atoms with Crippen LogP contribution in [0.25, 0.3) is 0 Å². The molecule has 0 aromatic rings. The van der Waals surface area contributed by atoms with Crippen LogP contribution in [-0.2, 0) is 0 Å². The van der Waals surface area contributed by atoms with Gasteiger partial charge in [-0.3, -0.25) is 0 Å². The van der Waals surface area contributed by atoms with Gasteiger partial charge in [0.25, 0.3) is 0 Å². The Hall–Kier alpha value is 1.46. The lowest BCUT2D eigenvalue weighted by Crippen LogP contribution is -0.481. The van der Waals surface area contributed by atoms with Gasteiger partial charge in [-0.1, -0.05) is 0 Å². The molecule has 3 N–H and O–H groups in total. The summed E-state index contributed by atoms with van der Waals surface area (Å²) in [5.41, 5.74) is 0. The fraction of sp³-hybridized carbons (Fsp3) is 0. The Morgan fingerprint density at radius 3 is 0.600 bits per heavy atom. The molecule has 0 aromatic carbocycles. The summed E-state index contributed by atoms with van der Waals surface area (Å²) in [6.45, 7) is 0. The second kappa shape index (κ2) is 50.8. The zero-order valence-corrected chi connectivity index (χ0v) is 7.65. The third kappa shape index (κ3) is 30.6. The van der Waals surface area contributed by atoms with Crippen molar-refractivity contribution in [1.82, 2.24) is 6.15 Å². The summed E-state index contributed by atoms with van der Waals surface area (Å²) >= 11 is 0. The Morgan fingerprint density at radius 2 is 0.600 bits per heavy atom. The molecule has 0 amide bonds. The van der Waals surface area contributed by atoms with E-state index in [-0.39, 0.29) is 65.5 Å². The van der Waals surface area contributed by atoms with Crippen molar-refractivity contribution < 1.29 is 0 Å². The first-order chi connectivity index (χ1) is 0. The van der Waals surface area contributed by atoms with E-state index in [1.54, 1.807) is 0 Å². The van der Waals surface area contributed by atoms with Gasteiger partial charge in [0.15, 0.2) is 0 Å². The van der Waals surface area contributed by atoms with Gasteiger partial charge >= 0.3 is 0 Å². The average Bonchev–Trinajstić information content (AvgIpc) is 0. The maximum Gasteiger partial charge on any atom is 0 e. The van der Waals surface area contributed by atoms with Crippen LogP contribution in [0.3, 0.4) is 0 Å². The van der Waals surface area contributed by atoms with Gasteiger partial charge in [-0.25, -0.2) is 0 Å². The summed E-state index contributed by atoms with van der Waals surface area (Å²) in [6.07, 6.45) is 0. The monoisotopic (exact) mass is 268 g/mol. The van der Waals surface area contributed by atoms with Crippen LogP contribution in [0.2, 0.25) is 0 Å². The van der Waals surface area contributed by atoms with Crippen molar-refractivity contribution in [3.8, 4) is 0 Å². The molecule has 0 aliphatic rings. The third-order valence-corrected chi connectivity index (χ3v) is 0. The highest BCUT2D eigenvalue weighted by Gasteiger charge is 0.0000299. The molecule has 0 rings (SSSR count). The van der Waals surface area contributed by atoms with Gasteiger partial charge in [0.05, 0.1) is 0 Å². The van der Waals surface area contributed by atoms with Crippen LogP contribution in [0, 0.1) is 0 Å². The molecule has 1 nitrogen and oxygen atoms in total. The summed E-state index contributed by atoms with van der Waals surface area (Å²) < 4.78 is 0. The Bertz CT molecular complexity index is 6.85. The summed E-state index contributed by atoms with van der Waals surface area (Å²) in [6, 6.07) is 0. The van der Waals surface area contributed by atoms with Crippen LogP contribution in [0.5, 0.6) is 0 Å². The lowest BCUT2D eigenvalue weighted by atomic mass is 10.8. The van der Waals surface area contributed by atoms with Crippen LogP contribution in [0.4, 0.5) is 0 Å². The molecule has 0 heterocycles. The molecule has 0 bridgehead atoms. The number of rotatable bonds is 0. The quantitative estimate of drug-likeness (QED) is 0.666. The Kier molecular flexibility index (Phi) is 913. The first-order valence-electron chi connectivity index (χ1n) is 0. The van der Waals surface area contributed by atoms with Crippen molar-refractivity contribution in [1.29, 1.82) is 0 Å². The Balaban J connectivity index is 0. The van der Waals surface area contributed by atoms with E-state index in [2.05, 4.69) is 0 Å². The van der Waals surface area contributed by atoms with E-state index in [0.29, 0.717) is 0 Å². The Morgan fingerprint density at radius 1 is 0.600 bits per heavy atom. The van der Waals surface area contributed by atoms with Crippen molar-refractivity contribution in [2.75, 3.05) is 0 Å². The first-order valence-corrected chi connectivity index (χ1v) is 0. The van der Waals surface area contributed by atoms with Gasteiger partial charge < -0.3 is 6.15 Å². The van der Waals surface area contributed by atoms with Crippen LogP contribution in [0.15, 0.2) is 0 Å². The molecule has 0 atom stereocenters. The zero-order valence-electron chi connectivity index (χ0n) is 2.51. The topological polar surface area (TPSA) is 35.0 Å². The minimum Gasteiger partial charge on any atom is -0.344 e. The summed E-state index contributed by atoms with van der Waals surface area (Å²) in [4.78, 5) is 0. The molecule has 0 fully saturated rings. The minimum atomic E-state index is 0. The van der Waals surface area contributed by atoms with Gasteiger partial charge in [0.1, 0.15) is 0 Å². The van der Waals surface area contributed by atoms with Gasteiger partial charge in [0.2, 0.25) is 0 Å². The highest BCUT2D eigenvalue weighted by molar-refractivity contribution is 8.93. The maximum atomic E-state index is 0. The van der Waals surface area contributed by atoms with Gasteiger partial charge in [-0.05, 0) is 0 Å². The molecule has 0 saturated heterocycles. The van der Waals surface area contributed by atoms with Crippen molar-refractivity contribution >= 4 is 59.4 Å². The van der Waals surface area contributed by atoms with Gasteiger partial charge in [-0.15, -0.1) is 50.9 Å². The highest BCUT2D eigenvalue weighted by Crippen LogP contribution is 0.848. The van der Waals surface area contributed by atoms with E-state index in [4.69, 9.17) is 0 Å². The molecule has 0 aromatic heterocycles. The average molecular weight is 271 g/mol. The van der Waals surface area contributed by atoms with E-state index in [1.165, 1.54) is 0 Å². The van der Waals surface area contributed by atoms with E-state index in [1.807, 2.05) is 0 Å². The Labute approximate surface area is 65.4 Å². The smallest absolute Gasteiger partial charge is 0 e. The fourth-order valence-corrected chi connectivity index (χ4v) is 0. The second-order valence-corrected chi connectivity index (χ2v) is 0. The van der Waals surface area contributed by atoms with Crippen molar-refractivity contribution in [2.45, 2.75) is 0 Å². The highest BCUT2D eigenvalue weighted by atomic mass is 79.9. The predicted octanol–water partition coefficient (Wildman–Crippen LogP) is 1.51. The molecule has 5 heavy (non-hydrogen) atoms. The zero-order chi connectivity index (χ0) is 0. The summed E-state index contributed by atoms with van der Waals surface area (Å²) in [5.74, 6) is 0. The number of halogens is 3. The van der Waals surface area contributed by atoms with E-state index >= 15 is 0 Å². The molecular weight excluding hydrogens is 265 g/mol. The first kappa shape index (κ1) is 90.0. The van der Waals surface area contributed by atoms with Gasteiger partial charge in [-0.2, -0.15) is 0 Å². The SMILES string of the molecule is Br.Br.Br.N.[B]. The van der Waals surface area contributed by atoms with Crippen LogP contribution < -0.4 is 6.15 Å². The molecule has 0 spiro atoms. The molecule has 0 aliphatic heterocycles. The van der Waals surface area contributed by atoms with E-state index < -0.39 is 0 Å². The fourth-order valence-electron chi connectivity index (χ4n) is 0. The molecule has 3 radical (unpaired) electrons. The minimum absolute atomic E-state index is 0. The molecular formula is H6BBr3N.